The minimum absolute atomic E-state index is 0.0431. The summed E-state index contributed by atoms with van der Waals surface area (Å²) in [7, 11) is 0. The summed E-state index contributed by atoms with van der Waals surface area (Å²) in [5.41, 5.74) is 23.6. The number of hydrogen-bond acceptors (Lipinski definition) is 17. The van der Waals surface area contributed by atoms with Crippen LogP contribution in [0.4, 0.5) is 0 Å². The smallest absolute Gasteiger partial charge is 0.326 e. The van der Waals surface area contributed by atoms with Crippen LogP contribution in [0.3, 0.4) is 0 Å². The molecule has 3 aromatic carbocycles. The van der Waals surface area contributed by atoms with Crippen LogP contribution in [0.5, 0.6) is 11.5 Å². The summed E-state index contributed by atoms with van der Waals surface area (Å²) in [6.07, 6.45) is -0.902. The lowest BCUT2D eigenvalue weighted by Crippen LogP contribution is -2.62. The van der Waals surface area contributed by atoms with Gasteiger partial charge in [-0.15, -0.1) is 0 Å². The van der Waals surface area contributed by atoms with Crippen molar-refractivity contribution >= 4 is 71.0 Å². The van der Waals surface area contributed by atoms with E-state index in [4.69, 9.17) is 22.9 Å². The van der Waals surface area contributed by atoms with Gasteiger partial charge in [0.25, 0.3) is 0 Å². The van der Waals surface area contributed by atoms with Crippen molar-refractivity contribution in [2.45, 2.75) is 146 Å². The maximum absolute atomic E-state index is 14.5. The molecule has 486 valence electrons. The Kier molecular flexibility index (Phi) is 28.7. The van der Waals surface area contributed by atoms with Crippen LogP contribution in [0.15, 0.2) is 83.9 Å². The van der Waals surface area contributed by atoms with Crippen molar-refractivity contribution in [1.29, 1.82) is 0 Å². The first-order valence-corrected chi connectivity index (χ1v) is 29.0. The minimum atomic E-state index is -1.86. The molecule has 0 unspecified atom stereocenters. The van der Waals surface area contributed by atoms with Crippen molar-refractivity contribution in [2.24, 2.45) is 39.8 Å². The molecule has 1 heterocycles. The molecule has 4 rings (SSSR count). The Morgan fingerprint density at radius 2 is 1.01 bits per heavy atom. The zero-order valence-electron chi connectivity index (χ0n) is 50.1. The molecule has 10 amide bonds. The molecule has 10 atom stereocenters. The van der Waals surface area contributed by atoms with E-state index in [1.807, 2.05) is 13.8 Å². The Hall–Kier alpha value is -9.42. The number of carbonyl (C=O) groups is 11. The lowest BCUT2D eigenvalue weighted by atomic mass is 9.99. The van der Waals surface area contributed by atoms with Crippen molar-refractivity contribution in [1.82, 2.24) is 47.4 Å². The lowest BCUT2D eigenvalue weighted by molar-refractivity contribution is -0.143. The summed E-state index contributed by atoms with van der Waals surface area (Å²) in [6.45, 7) is 4.97. The molecule has 1 aliphatic heterocycles. The zero-order valence-corrected chi connectivity index (χ0v) is 50.1. The highest BCUT2D eigenvalue weighted by Gasteiger charge is 2.41. The number of carboxylic acid groups (broad SMARTS) is 1. The van der Waals surface area contributed by atoms with Gasteiger partial charge < -0.3 is 95.9 Å². The molecular formula is C59H84N14O16. The van der Waals surface area contributed by atoms with Gasteiger partial charge in [0, 0.05) is 32.4 Å². The molecule has 21 N–H and O–H groups in total. The third kappa shape index (κ3) is 23.7. The van der Waals surface area contributed by atoms with Crippen molar-refractivity contribution in [3.8, 4) is 11.5 Å². The quantitative estimate of drug-likeness (QED) is 0.0152. The van der Waals surface area contributed by atoms with Gasteiger partial charge in [-0.1, -0.05) is 82.3 Å². The molecule has 30 heteroatoms. The molecule has 1 aliphatic rings. The fraction of sp³-hybridized carbons (Fsp3) is 0.492. The Morgan fingerprint density at radius 3 is 1.49 bits per heavy atom. The first kappa shape index (κ1) is 72.1. The average molecular weight is 1250 g/mol. The van der Waals surface area contributed by atoms with Crippen LogP contribution in [0.2, 0.25) is 0 Å². The fourth-order valence-corrected chi connectivity index (χ4v) is 9.57. The standard InChI is InChI=1S/C59H84N14O16/c1-31(2)24-38(60)49(79)71-45(30-75)57(87)73-23-9-13-46(73)55(85)68-42(27-35-16-20-37(77)21-17-35)53(83)72-48(32(3)4)56(86)69-43(28-47(61)78)52(82)66-41(26-34-14-18-36(76)19-15-34)51(81)70-44(29-74)54(84)67-40(25-33-10-6-5-7-11-33)50(80)65-39(58(88)89)12-8-22-64-59(62)63/h5-7,10-11,14-21,31-32,38-46,48,74-77H,8-9,12-13,22-30,60H2,1-4H3,(H2,61,78)(H,65,80)(H,66,82)(H,67,84)(H,68,85)(H,69,86)(H,70,81)(H,71,79)(H,72,83)(H,88,89)(H4,62,63,64)/t38-,39-,40-,41-,42-,43-,44-,45-,46-,48-/m0/s1. The number of rotatable bonds is 35. The molecular weight excluding hydrogens is 1160 g/mol. The number of carbonyl (C=O) groups excluding carboxylic acids is 10. The maximum atomic E-state index is 14.5. The number of benzene rings is 3. The molecule has 0 spiro atoms. The van der Waals surface area contributed by atoms with Gasteiger partial charge in [-0.05, 0) is 84.9 Å². The number of aliphatic hydroxyl groups is 2. The number of aliphatic hydroxyl groups excluding tert-OH is 2. The predicted molar refractivity (Wildman–Crippen MR) is 322 cm³/mol. The Morgan fingerprint density at radius 1 is 0.562 bits per heavy atom. The number of nitrogens with two attached hydrogens (primary N) is 4. The van der Waals surface area contributed by atoms with Gasteiger partial charge in [-0.2, -0.15) is 0 Å². The summed E-state index contributed by atoms with van der Waals surface area (Å²) in [5, 5.41) is 70.4. The SMILES string of the molecule is CC(C)C[C@H](N)C(=O)N[C@@H](CO)C(=O)N1CCC[C@H]1C(=O)N[C@@H](Cc1ccc(O)cc1)C(=O)N[C@H](C(=O)N[C@@H](CC(N)=O)C(=O)N[C@@H](Cc1ccc(O)cc1)C(=O)N[C@@H](CO)C(=O)N[C@@H](Cc1ccccc1)C(=O)N[C@@H](CCCN=C(N)N)C(=O)O)C(C)C. The van der Waals surface area contributed by atoms with Gasteiger partial charge in [-0.3, -0.25) is 52.9 Å². The Labute approximate surface area is 514 Å². The van der Waals surface area contributed by atoms with Gasteiger partial charge in [0.2, 0.25) is 59.1 Å². The third-order valence-corrected chi connectivity index (χ3v) is 14.3. The van der Waals surface area contributed by atoms with E-state index < -0.39 is 151 Å². The molecule has 1 fully saturated rings. The van der Waals surface area contributed by atoms with Gasteiger partial charge in [0.05, 0.1) is 25.7 Å². The highest BCUT2D eigenvalue weighted by Crippen LogP contribution is 2.21. The van der Waals surface area contributed by atoms with Crippen LogP contribution in [0, 0.1) is 11.8 Å². The highest BCUT2D eigenvalue weighted by atomic mass is 16.4. The summed E-state index contributed by atoms with van der Waals surface area (Å²) in [5.74, 6) is -12.4. The molecule has 30 nitrogen and oxygen atoms in total. The van der Waals surface area contributed by atoms with E-state index in [1.54, 1.807) is 30.3 Å². The molecule has 0 radical (unpaired) electrons. The van der Waals surface area contributed by atoms with Gasteiger partial charge in [0.1, 0.15) is 65.9 Å². The molecule has 0 aliphatic carbocycles. The summed E-state index contributed by atoms with van der Waals surface area (Å²) in [6, 6.07) is 4.30. The predicted octanol–water partition coefficient (Wildman–Crippen LogP) is -3.98. The Bertz CT molecular complexity index is 2950. The summed E-state index contributed by atoms with van der Waals surface area (Å²) < 4.78 is 0. The number of likely N-dealkylation sites (tertiary alicyclic amines) is 1. The number of aliphatic imine (C=N–C) groups is 1. The van der Waals surface area contributed by atoms with Crippen LogP contribution >= 0.6 is 0 Å². The van der Waals surface area contributed by atoms with Crippen LogP contribution in [-0.2, 0) is 72.0 Å². The lowest BCUT2D eigenvalue weighted by Gasteiger charge is -2.30. The van der Waals surface area contributed by atoms with Gasteiger partial charge in [-0.25, -0.2) is 4.79 Å². The topological polar surface area (TPSA) is 505 Å². The van der Waals surface area contributed by atoms with E-state index in [-0.39, 0.29) is 75.0 Å². The average Bonchev–Trinajstić information content (AvgIpc) is 2.59. The molecule has 1 saturated heterocycles. The molecule has 3 aromatic rings. The molecule has 0 bridgehead atoms. The molecule has 0 aromatic heterocycles. The van der Waals surface area contributed by atoms with Crippen LogP contribution in [-0.4, -0.2) is 188 Å². The number of nitrogens with one attached hydrogen (secondary N) is 8. The van der Waals surface area contributed by atoms with E-state index in [9.17, 15) is 78.3 Å². The third-order valence-electron chi connectivity index (χ3n) is 14.3. The van der Waals surface area contributed by atoms with Crippen molar-refractivity contribution in [2.75, 3.05) is 26.3 Å². The minimum Gasteiger partial charge on any atom is -0.508 e. The van der Waals surface area contributed by atoms with Crippen LogP contribution in [0.25, 0.3) is 0 Å². The van der Waals surface area contributed by atoms with E-state index in [0.29, 0.717) is 29.5 Å². The Balaban J connectivity index is 1.58. The first-order chi connectivity index (χ1) is 42.1. The zero-order chi connectivity index (χ0) is 66.1. The second kappa shape index (κ2) is 35.4. The number of hydrogen-bond donors (Lipinski definition) is 17. The fourth-order valence-electron chi connectivity index (χ4n) is 9.57. The summed E-state index contributed by atoms with van der Waals surface area (Å²) >= 11 is 0. The normalized spacial score (nSPS) is 15.9. The number of aromatic hydroxyl groups is 2. The number of guanidine groups is 1. The first-order valence-electron chi connectivity index (χ1n) is 29.0. The number of carboxylic acids is 1. The van der Waals surface area contributed by atoms with E-state index in [2.05, 4.69) is 47.5 Å². The number of aliphatic carboxylic acids is 1. The van der Waals surface area contributed by atoms with Crippen LogP contribution in [0.1, 0.15) is 82.9 Å². The summed E-state index contributed by atoms with van der Waals surface area (Å²) in [4.78, 5) is 156. The second-order valence-corrected chi connectivity index (χ2v) is 22.3. The van der Waals surface area contributed by atoms with Crippen molar-refractivity contribution in [3.63, 3.8) is 0 Å². The number of primary amides is 1. The van der Waals surface area contributed by atoms with Gasteiger partial charge in [0.15, 0.2) is 5.96 Å². The number of phenols is 2. The van der Waals surface area contributed by atoms with Gasteiger partial charge >= 0.3 is 5.97 Å². The van der Waals surface area contributed by atoms with E-state index in [1.165, 1.54) is 67.3 Å². The van der Waals surface area contributed by atoms with Crippen molar-refractivity contribution in [3.05, 3.63) is 95.6 Å². The van der Waals surface area contributed by atoms with E-state index >= 15 is 0 Å². The van der Waals surface area contributed by atoms with Crippen LogP contribution < -0.4 is 65.5 Å². The number of amides is 10. The molecule has 89 heavy (non-hydrogen) atoms. The highest BCUT2D eigenvalue weighted by molar-refractivity contribution is 6.00. The maximum Gasteiger partial charge on any atom is 0.326 e. The monoisotopic (exact) mass is 1240 g/mol. The second-order valence-electron chi connectivity index (χ2n) is 22.3. The number of phenolic OH excluding ortho intramolecular Hbond substituents is 2. The van der Waals surface area contributed by atoms with Crippen molar-refractivity contribution < 1.29 is 78.3 Å². The largest absolute Gasteiger partial charge is 0.508 e. The molecule has 0 saturated carbocycles. The van der Waals surface area contributed by atoms with E-state index in [0.717, 1.165) is 0 Å². The number of nitrogens with zero attached hydrogens (tertiary/aromatic N) is 2.